The number of carbonyl (C=O) groups excluding carboxylic acids is 2. The summed E-state index contributed by atoms with van der Waals surface area (Å²) in [5.41, 5.74) is -0.404. The molecule has 0 saturated heterocycles. The maximum Gasteiger partial charge on any atom is 0.225 e. The summed E-state index contributed by atoms with van der Waals surface area (Å²) in [6, 6.07) is 0.0572. The summed E-state index contributed by atoms with van der Waals surface area (Å²) >= 11 is 0. The highest BCUT2D eigenvalue weighted by Gasteiger charge is 2.25. The number of hydrogen-bond donors (Lipinski definition) is 2. The second kappa shape index (κ2) is 7.92. The molecule has 0 saturated carbocycles. The lowest BCUT2D eigenvalue weighted by molar-refractivity contribution is -0.129. The maximum absolute atomic E-state index is 12.4. The summed E-state index contributed by atoms with van der Waals surface area (Å²) in [6.07, 6.45) is 1.18. The normalized spacial score (nSPS) is 14.1. The van der Waals surface area contributed by atoms with E-state index in [1.54, 1.807) is 0 Å². The van der Waals surface area contributed by atoms with Crippen LogP contribution in [0.2, 0.25) is 0 Å². The van der Waals surface area contributed by atoms with Gasteiger partial charge in [0.25, 0.3) is 0 Å². The van der Waals surface area contributed by atoms with Crippen molar-refractivity contribution >= 4 is 11.7 Å². The Bertz CT molecular complexity index is 349. The zero-order valence-electron chi connectivity index (χ0n) is 15.1. The van der Waals surface area contributed by atoms with Crippen molar-refractivity contribution in [3.63, 3.8) is 0 Å². The van der Waals surface area contributed by atoms with Crippen LogP contribution in [0.1, 0.15) is 68.2 Å². The van der Waals surface area contributed by atoms with E-state index in [-0.39, 0.29) is 29.2 Å². The Morgan fingerprint density at radius 2 is 1.52 bits per heavy atom. The van der Waals surface area contributed by atoms with E-state index in [9.17, 15) is 9.59 Å². The number of amides is 1. The van der Waals surface area contributed by atoms with Gasteiger partial charge in [0.05, 0.1) is 6.04 Å². The highest BCUT2D eigenvalue weighted by Crippen LogP contribution is 2.20. The predicted molar refractivity (Wildman–Crippen MR) is 88.2 cm³/mol. The maximum atomic E-state index is 12.4. The van der Waals surface area contributed by atoms with E-state index < -0.39 is 5.41 Å². The van der Waals surface area contributed by atoms with Gasteiger partial charge in [-0.1, -0.05) is 55.4 Å². The molecule has 124 valence electrons. The number of carbonyl (C=O) groups is 2. The van der Waals surface area contributed by atoms with Crippen molar-refractivity contribution in [2.75, 3.05) is 6.54 Å². The first kappa shape index (κ1) is 20.1. The van der Waals surface area contributed by atoms with Gasteiger partial charge >= 0.3 is 0 Å². The zero-order valence-corrected chi connectivity index (χ0v) is 15.1. The first-order chi connectivity index (χ1) is 9.33. The minimum Gasteiger partial charge on any atom is -0.356 e. The van der Waals surface area contributed by atoms with E-state index in [1.807, 2.05) is 34.6 Å². The van der Waals surface area contributed by atoms with Crippen LogP contribution in [0.25, 0.3) is 0 Å². The second-order valence-electron chi connectivity index (χ2n) is 8.37. The molecular formula is C17H34N2O2. The van der Waals surface area contributed by atoms with Crippen molar-refractivity contribution in [2.45, 2.75) is 80.3 Å². The van der Waals surface area contributed by atoms with Crippen LogP contribution in [0.15, 0.2) is 0 Å². The van der Waals surface area contributed by atoms with Gasteiger partial charge in [0.1, 0.15) is 5.78 Å². The number of ketones is 1. The van der Waals surface area contributed by atoms with Gasteiger partial charge in [0.2, 0.25) is 5.91 Å². The smallest absolute Gasteiger partial charge is 0.225 e. The number of nitrogens with one attached hydrogen (secondary N) is 2. The molecule has 0 aromatic heterocycles. The summed E-state index contributed by atoms with van der Waals surface area (Å²) in [4.78, 5) is 24.2. The standard InChI is InChI=1S/C17H34N2O2/c1-12(2)19-13(14(20)11-16(3,4)5)9-10-18-15(21)17(6,7)8/h12-13,19H,9-11H2,1-8H3,(H,18,21). The monoisotopic (exact) mass is 298 g/mol. The van der Waals surface area contributed by atoms with E-state index in [0.717, 1.165) is 0 Å². The van der Waals surface area contributed by atoms with Gasteiger partial charge in [-0.15, -0.1) is 0 Å². The minimum absolute atomic E-state index is 0.0113. The van der Waals surface area contributed by atoms with Crippen LogP contribution in [0.3, 0.4) is 0 Å². The minimum atomic E-state index is -0.392. The molecule has 0 fully saturated rings. The Morgan fingerprint density at radius 1 is 1.00 bits per heavy atom. The lowest BCUT2D eigenvalue weighted by Crippen LogP contribution is -2.45. The predicted octanol–water partition coefficient (Wildman–Crippen LogP) is 2.91. The second-order valence-corrected chi connectivity index (χ2v) is 8.37. The molecule has 0 spiro atoms. The third-order valence-corrected chi connectivity index (χ3v) is 3.03. The van der Waals surface area contributed by atoms with E-state index in [0.29, 0.717) is 19.4 Å². The number of rotatable bonds is 7. The van der Waals surface area contributed by atoms with E-state index in [2.05, 4.69) is 31.4 Å². The molecule has 1 amide bonds. The zero-order chi connectivity index (χ0) is 16.8. The molecule has 0 aliphatic carbocycles. The summed E-state index contributed by atoms with van der Waals surface area (Å²) < 4.78 is 0. The van der Waals surface area contributed by atoms with Crippen LogP contribution in [0, 0.1) is 10.8 Å². The van der Waals surface area contributed by atoms with Gasteiger partial charge in [-0.25, -0.2) is 0 Å². The lowest BCUT2D eigenvalue weighted by atomic mass is 9.87. The first-order valence-electron chi connectivity index (χ1n) is 7.90. The summed E-state index contributed by atoms with van der Waals surface area (Å²) in [6.45, 7) is 16.5. The lowest BCUT2D eigenvalue weighted by Gasteiger charge is -2.25. The average molecular weight is 298 g/mol. The van der Waals surface area contributed by atoms with Gasteiger partial charge in [-0.2, -0.15) is 0 Å². The van der Waals surface area contributed by atoms with Gasteiger partial charge in [0, 0.05) is 24.4 Å². The largest absolute Gasteiger partial charge is 0.356 e. The van der Waals surface area contributed by atoms with Crippen molar-refractivity contribution in [3.8, 4) is 0 Å². The molecule has 0 rings (SSSR count). The topological polar surface area (TPSA) is 58.2 Å². The fourth-order valence-electron chi connectivity index (χ4n) is 1.98. The van der Waals surface area contributed by atoms with Crippen LogP contribution in [0.5, 0.6) is 0 Å². The molecule has 0 radical (unpaired) electrons. The van der Waals surface area contributed by atoms with Gasteiger partial charge in [-0.05, 0) is 11.8 Å². The SMILES string of the molecule is CC(C)NC(CCNC(=O)C(C)(C)C)C(=O)CC(C)(C)C. The molecule has 0 aliphatic heterocycles. The number of Topliss-reactive ketones (excluding diaryl/α,β-unsaturated/α-hetero) is 1. The molecule has 0 heterocycles. The van der Waals surface area contributed by atoms with Crippen molar-refractivity contribution < 1.29 is 9.59 Å². The van der Waals surface area contributed by atoms with Crippen LogP contribution in [0.4, 0.5) is 0 Å². The molecule has 21 heavy (non-hydrogen) atoms. The fourth-order valence-corrected chi connectivity index (χ4v) is 1.98. The van der Waals surface area contributed by atoms with E-state index in [1.165, 1.54) is 0 Å². The van der Waals surface area contributed by atoms with Crippen molar-refractivity contribution in [2.24, 2.45) is 10.8 Å². The van der Waals surface area contributed by atoms with E-state index in [4.69, 9.17) is 0 Å². The highest BCUT2D eigenvalue weighted by molar-refractivity contribution is 5.85. The van der Waals surface area contributed by atoms with Crippen molar-refractivity contribution in [1.29, 1.82) is 0 Å². The molecule has 4 nitrogen and oxygen atoms in total. The van der Waals surface area contributed by atoms with Gasteiger partial charge in [0.15, 0.2) is 0 Å². The quantitative estimate of drug-likeness (QED) is 0.760. The molecular weight excluding hydrogens is 264 g/mol. The third-order valence-electron chi connectivity index (χ3n) is 3.03. The van der Waals surface area contributed by atoms with Crippen molar-refractivity contribution in [3.05, 3.63) is 0 Å². The van der Waals surface area contributed by atoms with Crippen LogP contribution in [-0.4, -0.2) is 30.3 Å². The molecule has 0 aromatic rings. The molecule has 1 atom stereocenters. The van der Waals surface area contributed by atoms with Gasteiger partial charge < -0.3 is 10.6 Å². The molecule has 2 N–H and O–H groups in total. The van der Waals surface area contributed by atoms with Gasteiger partial charge in [-0.3, -0.25) is 9.59 Å². The van der Waals surface area contributed by atoms with Crippen LogP contribution < -0.4 is 10.6 Å². The molecule has 4 heteroatoms. The Morgan fingerprint density at radius 3 is 1.90 bits per heavy atom. The Labute approximate surface area is 130 Å². The average Bonchev–Trinajstić information content (AvgIpc) is 2.23. The molecule has 0 aliphatic rings. The van der Waals surface area contributed by atoms with Crippen molar-refractivity contribution in [1.82, 2.24) is 10.6 Å². The molecule has 1 unspecified atom stereocenters. The number of hydrogen-bond acceptors (Lipinski definition) is 3. The first-order valence-corrected chi connectivity index (χ1v) is 7.90. The molecule has 0 bridgehead atoms. The van der Waals surface area contributed by atoms with E-state index >= 15 is 0 Å². The summed E-state index contributed by atoms with van der Waals surface area (Å²) in [5, 5.41) is 6.23. The van der Waals surface area contributed by atoms with Crippen LogP contribution in [-0.2, 0) is 9.59 Å². The fraction of sp³-hybridized carbons (Fsp3) is 0.882. The summed E-state index contributed by atoms with van der Waals surface area (Å²) in [7, 11) is 0. The molecule has 0 aromatic carbocycles. The van der Waals surface area contributed by atoms with Crippen LogP contribution >= 0.6 is 0 Å². The highest BCUT2D eigenvalue weighted by atomic mass is 16.2. The summed E-state index contributed by atoms with van der Waals surface area (Å²) in [5.74, 6) is 0.246. The Hall–Kier alpha value is -0.900. The third kappa shape index (κ3) is 9.62. The Balaban J connectivity index is 4.51. The Kier molecular flexibility index (Phi) is 7.58.